The molecule has 0 fully saturated rings. The van der Waals surface area contributed by atoms with Gasteiger partial charge in [-0.3, -0.25) is 4.79 Å². The molecule has 122 valence electrons. The van der Waals surface area contributed by atoms with Crippen LogP contribution in [0, 0.1) is 5.82 Å². The third-order valence-electron chi connectivity index (χ3n) is 3.99. The third-order valence-corrected chi connectivity index (χ3v) is 3.99. The van der Waals surface area contributed by atoms with Gasteiger partial charge in [-0.05, 0) is 54.7 Å². The van der Waals surface area contributed by atoms with E-state index in [1.165, 1.54) is 30.8 Å². The van der Waals surface area contributed by atoms with Crippen LogP contribution in [0.5, 0.6) is 11.5 Å². The van der Waals surface area contributed by atoms with Gasteiger partial charge >= 0.3 is 0 Å². The van der Waals surface area contributed by atoms with E-state index >= 15 is 0 Å². The van der Waals surface area contributed by atoms with Crippen LogP contribution in [0.4, 0.5) is 4.39 Å². The predicted octanol–water partition coefficient (Wildman–Crippen LogP) is 4.88. The van der Waals surface area contributed by atoms with Crippen molar-refractivity contribution in [1.29, 1.82) is 0 Å². The molecule has 0 bridgehead atoms. The van der Waals surface area contributed by atoms with E-state index in [4.69, 9.17) is 4.74 Å². The lowest BCUT2D eigenvalue weighted by Gasteiger charge is -2.13. The molecule has 0 radical (unpaired) electrons. The highest BCUT2D eigenvalue weighted by atomic mass is 19.1. The molecule has 23 heavy (non-hydrogen) atoms. The smallest absolute Gasteiger partial charge is 0.251 e. The average Bonchev–Trinajstić information content (AvgIpc) is 2.58. The van der Waals surface area contributed by atoms with Crippen molar-refractivity contribution >= 4 is 5.91 Å². The molecule has 0 aromatic heterocycles. The van der Waals surface area contributed by atoms with E-state index in [2.05, 4.69) is 19.2 Å². The standard InChI is InChI=1S/C19H22FNO2/c1-4-13(5-2)14-6-9-16(10-7-14)23-18-11-8-15(12-17(18)20)19(22)21-3/h6-13H,4-5H2,1-3H3,(H,21,22). The number of benzene rings is 2. The van der Waals surface area contributed by atoms with E-state index in [9.17, 15) is 9.18 Å². The molecule has 3 nitrogen and oxygen atoms in total. The minimum atomic E-state index is -0.560. The van der Waals surface area contributed by atoms with E-state index in [1.54, 1.807) is 0 Å². The lowest BCUT2D eigenvalue weighted by molar-refractivity contribution is 0.0962. The van der Waals surface area contributed by atoms with Crippen molar-refractivity contribution in [2.24, 2.45) is 0 Å². The molecular weight excluding hydrogens is 293 g/mol. The summed E-state index contributed by atoms with van der Waals surface area (Å²) in [6, 6.07) is 11.9. The van der Waals surface area contributed by atoms with Crippen molar-refractivity contribution in [3.63, 3.8) is 0 Å². The molecule has 0 saturated carbocycles. The Labute approximate surface area is 136 Å². The number of nitrogens with one attached hydrogen (secondary N) is 1. The van der Waals surface area contributed by atoms with Gasteiger partial charge in [-0.25, -0.2) is 4.39 Å². The Kier molecular flexibility index (Phi) is 5.74. The minimum absolute atomic E-state index is 0.105. The van der Waals surface area contributed by atoms with E-state index in [0.717, 1.165) is 12.8 Å². The SMILES string of the molecule is CCC(CC)c1ccc(Oc2ccc(C(=O)NC)cc2F)cc1. The van der Waals surface area contributed by atoms with Crippen LogP contribution >= 0.6 is 0 Å². The topological polar surface area (TPSA) is 38.3 Å². The maximum Gasteiger partial charge on any atom is 0.251 e. The molecule has 0 heterocycles. The van der Waals surface area contributed by atoms with Gasteiger partial charge in [0.25, 0.3) is 5.91 Å². The van der Waals surface area contributed by atoms with E-state index in [1.807, 2.05) is 24.3 Å². The summed E-state index contributed by atoms with van der Waals surface area (Å²) in [5, 5.41) is 2.46. The number of rotatable bonds is 6. The Bertz CT molecular complexity index is 664. The molecule has 0 atom stereocenters. The summed E-state index contributed by atoms with van der Waals surface area (Å²) in [4.78, 5) is 11.5. The Morgan fingerprint density at radius 2 is 1.78 bits per heavy atom. The summed E-state index contributed by atoms with van der Waals surface area (Å²) >= 11 is 0. The second-order valence-corrected chi connectivity index (χ2v) is 5.41. The van der Waals surface area contributed by atoms with Gasteiger partial charge in [0.2, 0.25) is 0 Å². The van der Waals surface area contributed by atoms with E-state index in [-0.39, 0.29) is 17.2 Å². The highest BCUT2D eigenvalue weighted by Gasteiger charge is 2.11. The quantitative estimate of drug-likeness (QED) is 0.825. The van der Waals surface area contributed by atoms with Gasteiger partial charge in [0.05, 0.1) is 0 Å². The second kappa shape index (κ2) is 7.77. The molecular formula is C19H22FNO2. The molecule has 0 spiro atoms. The van der Waals surface area contributed by atoms with Crippen molar-refractivity contribution in [2.75, 3.05) is 7.05 Å². The van der Waals surface area contributed by atoms with Crippen LogP contribution < -0.4 is 10.1 Å². The van der Waals surface area contributed by atoms with Crippen LogP contribution in [0.1, 0.15) is 48.5 Å². The first-order valence-electron chi connectivity index (χ1n) is 7.88. The molecule has 0 aliphatic rings. The van der Waals surface area contributed by atoms with Crippen molar-refractivity contribution < 1.29 is 13.9 Å². The number of hydrogen-bond acceptors (Lipinski definition) is 2. The second-order valence-electron chi connectivity index (χ2n) is 5.41. The zero-order valence-corrected chi connectivity index (χ0v) is 13.7. The molecule has 2 aromatic carbocycles. The van der Waals surface area contributed by atoms with Crippen LogP contribution in [0.3, 0.4) is 0 Å². The lowest BCUT2D eigenvalue weighted by atomic mass is 9.94. The number of hydrogen-bond donors (Lipinski definition) is 1. The molecule has 0 aliphatic carbocycles. The van der Waals surface area contributed by atoms with Crippen molar-refractivity contribution in [3.05, 3.63) is 59.4 Å². The molecule has 0 saturated heterocycles. The molecule has 1 N–H and O–H groups in total. The normalized spacial score (nSPS) is 10.7. The van der Waals surface area contributed by atoms with Gasteiger partial charge < -0.3 is 10.1 Å². The number of carbonyl (C=O) groups is 1. The summed E-state index contributed by atoms with van der Waals surface area (Å²) in [5.41, 5.74) is 1.53. The highest BCUT2D eigenvalue weighted by Crippen LogP contribution is 2.28. The first kappa shape index (κ1) is 17.0. The lowest BCUT2D eigenvalue weighted by Crippen LogP contribution is -2.17. The van der Waals surface area contributed by atoms with Gasteiger partial charge in [0.15, 0.2) is 11.6 Å². The highest BCUT2D eigenvalue weighted by molar-refractivity contribution is 5.94. The molecule has 4 heteroatoms. The first-order chi connectivity index (χ1) is 11.1. The molecule has 0 aliphatic heterocycles. The Hall–Kier alpha value is -2.36. The molecule has 0 unspecified atom stereocenters. The molecule has 2 rings (SSSR count). The molecule has 1 amide bonds. The largest absolute Gasteiger partial charge is 0.454 e. The maximum absolute atomic E-state index is 14.0. The summed E-state index contributed by atoms with van der Waals surface area (Å²) < 4.78 is 19.6. The predicted molar refractivity (Wildman–Crippen MR) is 89.6 cm³/mol. The van der Waals surface area contributed by atoms with E-state index < -0.39 is 5.82 Å². The molecule has 2 aromatic rings. The number of ether oxygens (including phenoxy) is 1. The van der Waals surface area contributed by atoms with Gasteiger partial charge in [-0.1, -0.05) is 26.0 Å². The zero-order chi connectivity index (χ0) is 16.8. The van der Waals surface area contributed by atoms with Crippen molar-refractivity contribution in [2.45, 2.75) is 32.6 Å². The Balaban J connectivity index is 2.14. The fraction of sp³-hybridized carbons (Fsp3) is 0.316. The van der Waals surface area contributed by atoms with Crippen LogP contribution in [0.15, 0.2) is 42.5 Å². The van der Waals surface area contributed by atoms with Crippen molar-refractivity contribution in [1.82, 2.24) is 5.32 Å². The van der Waals surface area contributed by atoms with Crippen LogP contribution in [-0.4, -0.2) is 13.0 Å². The Morgan fingerprint density at radius 3 is 2.30 bits per heavy atom. The number of halogens is 1. The Morgan fingerprint density at radius 1 is 1.13 bits per heavy atom. The summed E-state index contributed by atoms with van der Waals surface area (Å²) in [5.74, 6) is 0.326. The van der Waals surface area contributed by atoms with Gasteiger partial charge in [-0.15, -0.1) is 0 Å². The fourth-order valence-corrected chi connectivity index (χ4v) is 2.56. The fourth-order valence-electron chi connectivity index (χ4n) is 2.56. The monoisotopic (exact) mass is 315 g/mol. The van der Waals surface area contributed by atoms with Gasteiger partial charge in [-0.2, -0.15) is 0 Å². The summed E-state index contributed by atoms with van der Waals surface area (Å²) in [6.45, 7) is 4.34. The van der Waals surface area contributed by atoms with Crippen LogP contribution in [0.25, 0.3) is 0 Å². The van der Waals surface area contributed by atoms with E-state index in [0.29, 0.717) is 11.7 Å². The van der Waals surface area contributed by atoms with Crippen LogP contribution in [-0.2, 0) is 0 Å². The number of carbonyl (C=O) groups excluding carboxylic acids is 1. The zero-order valence-electron chi connectivity index (χ0n) is 13.7. The van der Waals surface area contributed by atoms with Crippen LogP contribution in [0.2, 0.25) is 0 Å². The third kappa shape index (κ3) is 4.09. The van der Waals surface area contributed by atoms with Crippen molar-refractivity contribution in [3.8, 4) is 11.5 Å². The first-order valence-corrected chi connectivity index (χ1v) is 7.88. The summed E-state index contributed by atoms with van der Waals surface area (Å²) in [7, 11) is 1.51. The minimum Gasteiger partial charge on any atom is -0.454 e. The maximum atomic E-state index is 14.0. The summed E-state index contributed by atoms with van der Waals surface area (Å²) in [6.07, 6.45) is 2.18. The average molecular weight is 315 g/mol. The van der Waals surface area contributed by atoms with Gasteiger partial charge in [0.1, 0.15) is 5.75 Å². The number of amides is 1. The van der Waals surface area contributed by atoms with Gasteiger partial charge in [0, 0.05) is 12.6 Å².